The normalized spacial score (nSPS) is 15.4. The van der Waals surface area contributed by atoms with E-state index in [0.29, 0.717) is 28.6 Å². The number of halogens is 2. The summed E-state index contributed by atoms with van der Waals surface area (Å²) in [5.41, 5.74) is 1.64. The average Bonchev–Trinajstić information content (AvgIpc) is 2.84. The molecule has 1 aromatic carbocycles. The molecule has 1 aliphatic heterocycles. The summed E-state index contributed by atoms with van der Waals surface area (Å²) < 4.78 is 16.2. The lowest BCUT2D eigenvalue weighted by Crippen LogP contribution is -2.34. The fourth-order valence-corrected chi connectivity index (χ4v) is 4.35. The molecule has 37 heavy (non-hydrogen) atoms. The fourth-order valence-electron chi connectivity index (χ4n) is 3.93. The van der Waals surface area contributed by atoms with Crippen molar-refractivity contribution in [2.24, 2.45) is 0 Å². The van der Waals surface area contributed by atoms with Crippen LogP contribution in [0.5, 0.6) is 0 Å². The summed E-state index contributed by atoms with van der Waals surface area (Å²) in [4.78, 5) is 46.8. The number of hydrogen-bond donors (Lipinski definition) is 2. The summed E-state index contributed by atoms with van der Waals surface area (Å²) in [5.74, 6) is -1.86. The van der Waals surface area contributed by atoms with Gasteiger partial charge in [0.15, 0.2) is 0 Å². The number of anilines is 1. The number of dihydropyridines is 1. The number of H-pyrrole nitrogens is 1. The maximum Gasteiger partial charge on any atom is 0.336 e. The van der Waals surface area contributed by atoms with Gasteiger partial charge in [-0.2, -0.15) is 0 Å². The number of aromatic nitrogens is 2. The molecule has 0 radical (unpaired) electrons. The number of aromatic amines is 1. The van der Waals surface area contributed by atoms with Gasteiger partial charge in [-0.1, -0.05) is 35.3 Å². The molecular formula is C25H28Cl2N4O6. The van der Waals surface area contributed by atoms with E-state index >= 15 is 0 Å². The second-order valence-corrected chi connectivity index (χ2v) is 9.08. The number of carbonyl (C=O) groups is 2. The molecule has 198 valence electrons. The molecule has 0 fully saturated rings. The smallest absolute Gasteiger partial charge is 0.336 e. The van der Waals surface area contributed by atoms with Gasteiger partial charge >= 0.3 is 11.9 Å². The van der Waals surface area contributed by atoms with E-state index in [2.05, 4.69) is 15.3 Å². The van der Waals surface area contributed by atoms with Gasteiger partial charge in [-0.05, 0) is 25.5 Å². The van der Waals surface area contributed by atoms with E-state index in [9.17, 15) is 14.4 Å². The molecule has 1 atom stereocenters. The molecule has 1 aliphatic rings. The van der Waals surface area contributed by atoms with Crippen molar-refractivity contribution in [3.8, 4) is 0 Å². The lowest BCUT2D eigenvalue weighted by Gasteiger charge is -2.31. The van der Waals surface area contributed by atoms with Gasteiger partial charge in [0.2, 0.25) is 5.95 Å². The summed E-state index contributed by atoms with van der Waals surface area (Å²) in [7, 11) is 4.75. The van der Waals surface area contributed by atoms with Gasteiger partial charge in [0.1, 0.15) is 0 Å². The molecular weight excluding hydrogens is 523 g/mol. The Morgan fingerprint density at radius 3 is 2.51 bits per heavy atom. The van der Waals surface area contributed by atoms with Crippen LogP contribution in [0.25, 0.3) is 0 Å². The maximum atomic E-state index is 13.3. The average molecular weight is 551 g/mol. The first kappa shape index (κ1) is 28.2. The highest BCUT2D eigenvalue weighted by atomic mass is 35.5. The molecule has 3 rings (SSSR count). The predicted octanol–water partition coefficient (Wildman–Crippen LogP) is 3.31. The maximum absolute atomic E-state index is 13.3. The number of ether oxygens (including phenoxy) is 3. The Bertz CT molecular complexity index is 1320. The molecule has 2 N–H and O–H groups in total. The van der Waals surface area contributed by atoms with Gasteiger partial charge in [-0.15, -0.1) is 0 Å². The molecule has 1 unspecified atom stereocenters. The molecule has 2 aromatic rings. The van der Waals surface area contributed by atoms with Gasteiger partial charge in [-0.25, -0.2) is 14.6 Å². The summed E-state index contributed by atoms with van der Waals surface area (Å²) in [6.45, 7) is 3.37. The number of benzene rings is 1. The monoisotopic (exact) mass is 550 g/mol. The number of nitrogens with one attached hydrogen (secondary N) is 2. The van der Waals surface area contributed by atoms with Crippen LogP contribution in [0.3, 0.4) is 0 Å². The van der Waals surface area contributed by atoms with Crippen molar-refractivity contribution in [3.05, 3.63) is 78.5 Å². The topological polar surface area (TPSA) is 123 Å². The third-order valence-electron chi connectivity index (χ3n) is 5.54. The van der Waals surface area contributed by atoms with E-state index in [4.69, 9.17) is 37.4 Å². The van der Waals surface area contributed by atoms with Crippen LogP contribution < -0.4 is 15.8 Å². The Morgan fingerprint density at radius 1 is 1.14 bits per heavy atom. The summed E-state index contributed by atoms with van der Waals surface area (Å²) in [6, 6.07) is 6.30. The van der Waals surface area contributed by atoms with Crippen molar-refractivity contribution in [2.45, 2.75) is 26.4 Å². The number of nitrogens with zero attached hydrogens (tertiary/aromatic N) is 2. The Morgan fingerprint density at radius 2 is 1.86 bits per heavy atom. The standard InChI is InChI=1S/C25H28Cl2N4O6/c1-6-37-24(34)21-17(12-36-11-14-10-18(32)30-25(29-14)31(3)4)28-13(2)19(23(33)35-5)20(21)15-8-7-9-16(26)22(15)27/h7-10,20,28H,6,11-12H2,1-5H3,(H,29,30,32). The van der Waals surface area contributed by atoms with E-state index in [1.807, 2.05) is 0 Å². The molecule has 0 amide bonds. The number of rotatable bonds is 9. The van der Waals surface area contributed by atoms with E-state index in [-0.39, 0.29) is 46.6 Å². The molecule has 1 aromatic heterocycles. The third kappa shape index (κ3) is 6.33. The molecule has 0 saturated carbocycles. The van der Waals surface area contributed by atoms with Gasteiger partial charge < -0.3 is 24.4 Å². The molecule has 0 spiro atoms. The van der Waals surface area contributed by atoms with Crippen LogP contribution in [0.1, 0.15) is 31.0 Å². The van der Waals surface area contributed by atoms with Crippen molar-refractivity contribution in [2.75, 3.05) is 39.3 Å². The number of methoxy groups -OCH3 is 1. The highest BCUT2D eigenvalue weighted by molar-refractivity contribution is 6.42. The van der Waals surface area contributed by atoms with Crippen LogP contribution in [0.2, 0.25) is 10.0 Å². The van der Waals surface area contributed by atoms with Crippen molar-refractivity contribution in [3.63, 3.8) is 0 Å². The van der Waals surface area contributed by atoms with Crippen molar-refractivity contribution < 1.29 is 23.8 Å². The lowest BCUT2D eigenvalue weighted by molar-refractivity contribution is -0.139. The quantitative estimate of drug-likeness (QED) is 0.452. The third-order valence-corrected chi connectivity index (χ3v) is 6.37. The predicted molar refractivity (Wildman–Crippen MR) is 140 cm³/mol. The largest absolute Gasteiger partial charge is 0.466 e. The van der Waals surface area contributed by atoms with Crippen molar-refractivity contribution >= 4 is 41.1 Å². The molecule has 12 heteroatoms. The molecule has 0 aliphatic carbocycles. The SMILES string of the molecule is CCOC(=O)C1=C(COCc2cc(=O)[nH]c(N(C)C)n2)NC(C)=C(C(=O)OC)C1c1cccc(Cl)c1Cl. The molecule has 0 bridgehead atoms. The zero-order valence-electron chi connectivity index (χ0n) is 21.1. The first-order chi connectivity index (χ1) is 17.6. The van der Waals surface area contributed by atoms with E-state index in [0.717, 1.165) is 0 Å². The van der Waals surface area contributed by atoms with E-state index in [1.54, 1.807) is 51.0 Å². The Hall–Kier alpha value is -3.34. The molecule has 10 nitrogen and oxygen atoms in total. The Labute approximate surface area is 224 Å². The minimum absolute atomic E-state index is 0.0126. The van der Waals surface area contributed by atoms with E-state index < -0.39 is 17.9 Å². The summed E-state index contributed by atoms with van der Waals surface area (Å²) in [5, 5.41) is 3.54. The highest BCUT2D eigenvalue weighted by Gasteiger charge is 2.40. The first-order valence-electron chi connectivity index (χ1n) is 11.3. The molecule has 0 saturated heterocycles. The number of esters is 2. The van der Waals surface area contributed by atoms with Gasteiger partial charge in [0.25, 0.3) is 5.56 Å². The van der Waals surface area contributed by atoms with Crippen LogP contribution in [0, 0.1) is 0 Å². The lowest BCUT2D eigenvalue weighted by atomic mass is 9.80. The minimum atomic E-state index is -0.935. The van der Waals surface area contributed by atoms with Crippen LogP contribution in [-0.4, -0.2) is 56.3 Å². The van der Waals surface area contributed by atoms with Crippen LogP contribution in [-0.2, 0) is 30.4 Å². The van der Waals surface area contributed by atoms with Crippen molar-refractivity contribution in [1.82, 2.24) is 15.3 Å². The van der Waals surface area contributed by atoms with Gasteiger partial charge in [0.05, 0.1) is 65.4 Å². The van der Waals surface area contributed by atoms with Crippen LogP contribution in [0.15, 0.2) is 51.6 Å². The summed E-state index contributed by atoms with van der Waals surface area (Å²) in [6.07, 6.45) is 0. The van der Waals surface area contributed by atoms with Crippen LogP contribution in [0.4, 0.5) is 5.95 Å². The molecule has 2 heterocycles. The second kappa shape index (κ2) is 12.3. The van der Waals surface area contributed by atoms with Gasteiger partial charge in [0, 0.05) is 25.9 Å². The number of carbonyl (C=O) groups excluding carboxylic acids is 2. The zero-order chi connectivity index (χ0) is 27.3. The first-order valence-corrected chi connectivity index (χ1v) is 12.1. The zero-order valence-corrected chi connectivity index (χ0v) is 22.6. The highest BCUT2D eigenvalue weighted by Crippen LogP contribution is 2.43. The Balaban J connectivity index is 2.06. The minimum Gasteiger partial charge on any atom is -0.466 e. The van der Waals surface area contributed by atoms with Crippen LogP contribution >= 0.6 is 23.2 Å². The number of hydrogen-bond acceptors (Lipinski definition) is 9. The number of allylic oxidation sites excluding steroid dienone is 1. The van der Waals surface area contributed by atoms with E-state index in [1.165, 1.54) is 13.2 Å². The second-order valence-electron chi connectivity index (χ2n) is 8.29. The fraction of sp³-hybridized carbons (Fsp3) is 0.360. The Kier molecular flexibility index (Phi) is 9.36. The van der Waals surface area contributed by atoms with Gasteiger partial charge in [-0.3, -0.25) is 9.78 Å². The summed E-state index contributed by atoms with van der Waals surface area (Å²) >= 11 is 12.8. The van der Waals surface area contributed by atoms with Crippen molar-refractivity contribution in [1.29, 1.82) is 0 Å².